The van der Waals surface area contributed by atoms with Crippen LogP contribution in [0.2, 0.25) is 0 Å². The van der Waals surface area contributed by atoms with Crippen LogP contribution in [0.25, 0.3) is 5.69 Å². The van der Waals surface area contributed by atoms with Gasteiger partial charge in [-0.2, -0.15) is 5.10 Å². The number of piperidine rings is 1. The molecule has 0 spiro atoms. The van der Waals surface area contributed by atoms with Crippen LogP contribution in [0, 0.1) is 13.8 Å². The Morgan fingerprint density at radius 2 is 1.63 bits per heavy atom. The molecular weight excluding hydrogens is 440 g/mol. The lowest BCUT2D eigenvalue weighted by Crippen LogP contribution is -2.41. The molecule has 0 atom stereocenters. The summed E-state index contributed by atoms with van der Waals surface area (Å²) >= 11 is 0. The summed E-state index contributed by atoms with van der Waals surface area (Å²) in [6.45, 7) is 10.8. The molecule has 0 bridgehead atoms. The smallest absolute Gasteiger partial charge is 0.410 e. The van der Waals surface area contributed by atoms with Crippen molar-refractivity contribution in [3.8, 4) is 5.69 Å². The second-order valence-corrected chi connectivity index (χ2v) is 10.3. The fraction of sp³-hybridized carbons (Fsp3) is 0.393. The van der Waals surface area contributed by atoms with E-state index in [-0.39, 0.29) is 17.9 Å². The van der Waals surface area contributed by atoms with Gasteiger partial charge in [0.15, 0.2) is 0 Å². The van der Waals surface area contributed by atoms with Gasteiger partial charge in [-0.05, 0) is 82.9 Å². The zero-order chi connectivity index (χ0) is 25.2. The molecule has 0 unspecified atom stereocenters. The summed E-state index contributed by atoms with van der Waals surface area (Å²) in [6, 6.07) is 15.8. The molecule has 2 aromatic carbocycles. The number of nitrogens with one attached hydrogen (secondary N) is 1. The minimum Gasteiger partial charge on any atom is -0.444 e. The zero-order valence-corrected chi connectivity index (χ0v) is 21.2. The van der Waals surface area contributed by atoms with E-state index in [0.717, 1.165) is 41.0 Å². The van der Waals surface area contributed by atoms with Gasteiger partial charge in [0.1, 0.15) is 5.60 Å². The number of aryl methyl sites for hydroxylation is 2. The number of para-hydroxylation sites is 1. The monoisotopic (exact) mass is 474 g/mol. The highest BCUT2D eigenvalue weighted by atomic mass is 16.6. The van der Waals surface area contributed by atoms with E-state index in [1.54, 1.807) is 11.1 Å². The van der Waals surface area contributed by atoms with Crippen LogP contribution < -0.4 is 5.32 Å². The summed E-state index contributed by atoms with van der Waals surface area (Å²) in [5.74, 6) is -0.0989. The van der Waals surface area contributed by atoms with Crippen LogP contribution in [0.1, 0.15) is 66.7 Å². The normalized spacial score (nSPS) is 14.6. The molecule has 7 nitrogen and oxygen atoms in total. The lowest BCUT2D eigenvalue weighted by Gasteiger charge is -2.34. The number of carbonyl (C=O) groups is 2. The Hall–Kier alpha value is -3.61. The molecule has 1 fully saturated rings. The number of likely N-dealkylation sites (tertiary alicyclic amines) is 1. The molecule has 3 aromatic rings. The molecule has 0 aliphatic carbocycles. The average molecular weight is 475 g/mol. The Morgan fingerprint density at radius 1 is 1.00 bits per heavy atom. The van der Waals surface area contributed by atoms with Crippen molar-refractivity contribution < 1.29 is 14.3 Å². The minimum absolute atomic E-state index is 0.0800. The number of aromatic nitrogens is 2. The van der Waals surface area contributed by atoms with Crippen molar-refractivity contribution in [3.05, 3.63) is 77.1 Å². The molecule has 4 rings (SSSR count). The maximum Gasteiger partial charge on any atom is 0.410 e. The highest BCUT2D eigenvalue weighted by molar-refractivity contribution is 6.05. The van der Waals surface area contributed by atoms with Gasteiger partial charge in [-0.3, -0.25) is 4.79 Å². The van der Waals surface area contributed by atoms with Gasteiger partial charge in [-0.15, -0.1) is 0 Å². The van der Waals surface area contributed by atoms with Crippen molar-refractivity contribution in [2.45, 2.75) is 59.0 Å². The molecule has 1 aliphatic rings. The Labute approximate surface area is 207 Å². The van der Waals surface area contributed by atoms with E-state index in [1.807, 2.05) is 81.8 Å². The number of benzene rings is 2. The van der Waals surface area contributed by atoms with Crippen LogP contribution in [0.5, 0.6) is 0 Å². The lowest BCUT2D eigenvalue weighted by atomic mass is 9.90. The predicted octanol–water partition coefficient (Wildman–Crippen LogP) is 5.86. The first-order chi connectivity index (χ1) is 16.6. The van der Waals surface area contributed by atoms with Crippen LogP contribution >= 0.6 is 0 Å². The predicted molar refractivity (Wildman–Crippen MR) is 137 cm³/mol. The molecule has 1 saturated heterocycles. The van der Waals surface area contributed by atoms with Gasteiger partial charge < -0.3 is 15.0 Å². The van der Waals surface area contributed by atoms with E-state index in [1.165, 1.54) is 0 Å². The lowest BCUT2D eigenvalue weighted by molar-refractivity contribution is 0.0203. The van der Waals surface area contributed by atoms with Gasteiger partial charge in [-0.25, -0.2) is 9.48 Å². The van der Waals surface area contributed by atoms with Crippen molar-refractivity contribution in [3.63, 3.8) is 0 Å². The van der Waals surface area contributed by atoms with E-state index in [9.17, 15) is 9.59 Å². The van der Waals surface area contributed by atoms with Gasteiger partial charge in [-0.1, -0.05) is 24.3 Å². The molecule has 0 radical (unpaired) electrons. The fourth-order valence-electron chi connectivity index (χ4n) is 4.61. The summed E-state index contributed by atoms with van der Waals surface area (Å²) in [4.78, 5) is 27.7. The molecule has 1 aliphatic heterocycles. The SMILES string of the molecule is Cc1cc(C)cc(NC(=O)c2cnn(-c3ccccc3)c2C2CCN(C(=O)OC(C)(C)C)CC2)c1. The third-order valence-corrected chi connectivity index (χ3v) is 6.06. The van der Waals surface area contributed by atoms with E-state index < -0.39 is 5.60 Å². The Balaban J connectivity index is 1.61. The van der Waals surface area contributed by atoms with Gasteiger partial charge in [0.05, 0.1) is 23.1 Å². The van der Waals surface area contributed by atoms with Crippen molar-refractivity contribution in [2.24, 2.45) is 0 Å². The number of rotatable bonds is 4. The molecule has 184 valence electrons. The second kappa shape index (κ2) is 9.94. The Kier molecular flexibility index (Phi) is 6.96. The standard InChI is InChI=1S/C28H34N4O3/c1-19-15-20(2)17-22(16-19)30-26(33)24-18-29-32(23-9-7-6-8-10-23)25(24)21-11-13-31(14-12-21)27(34)35-28(3,4)5/h6-10,15-18,21H,11-14H2,1-5H3,(H,30,33). The van der Waals surface area contributed by atoms with Crippen LogP contribution in [0.3, 0.4) is 0 Å². The summed E-state index contributed by atoms with van der Waals surface area (Å²) in [6.07, 6.45) is 2.81. The third kappa shape index (κ3) is 5.91. The van der Waals surface area contributed by atoms with E-state index >= 15 is 0 Å². The maximum atomic E-state index is 13.4. The summed E-state index contributed by atoms with van der Waals surface area (Å²) < 4.78 is 7.41. The summed E-state index contributed by atoms with van der Waals surface area (Å²) in [7, 11) is 0. The number of carbonyl (C=O) groups excluding carboxylic acids is 2. The van der Waals surface area contributed by atoms with Gasteiger partial charge >= 0.3 is 6.09 Å². The van der Waals surface area contributed by atoms with Crippen molar-refractivity contribution in [2.75, 3.05) is 18.4 Å². The van der Waals surface area contributed by atoms with Crippen LogP contribution in [-0.4, -0.2) is 45.4 Å². The van der Waals surface area contributed by atoms with Crippen LogP contribution in [0.15, 0.2) is 54.7 Å². The molecule has 2 amide bonds. The summed E-state index contributed by atoms with van der Waals surface area (Å²) in [5.41, 5.74) is 4.77. The molecule has 35 heavy (non-hydrogen) atoms. The first kappa shape index (κ1) is 24.5. The van der Waals surface area contributed by atoms with Gasteiger partial charge in [0.25, 0.3) is 5.91 Å². The second-order valence-electron chi connectivity index (χ2n) is 10.3. The fourth-order valence-corrected chi connectivity index (χ4v) is 4.61. The first-order valence-corrected chi connectivity index (χ1v) is 12.1. The van der Waals surface area contributed by atoms with E-state index in [4.69, 9.17) is 4.74 Å². The summed E-state index contributed by atoms with van der Waals surface area (Å²) in [5, 5.41) is 7.67. The zero-order valence-electron chi connectivity index (χ0n) is 21.2. The highest BCUT2D eigenvalue weighted by Crippen LogP contribution is 2.33. The number of hydrogen-bond donors (Lipinski definition) is 1. The molecule has 1 aromatic heterocycles. The maximum absolute atomic E-state index is 13.4. The molecule has 7 heteroatoms. The molecule has 0 saturated carbocycles. The van der Waals surface area contributed by atoms with E-state index in [0.29, 0.717) is 18.7 Å². The van der Waals surface area contributed by atoms with Gasteiger partial charge in [0.2, 0.25) is 0 Å². The van der Waals surface area contributed by atoms with Crippen molar-refractivity contribution >= 4 is 17.7 Å². The quantitative estimate of drug-likeness (QED) is 0.514. The molecule has 1 N–H and O–H groups in total. The topological polar surface area (TPSA) is 76.5 Å². The van der Waals surface area contributed by atoms with Crippen LogP contribution in [-0.2, 0) is 4.74 Å². The largest absolute Gasteiger partial charge is 0.444 e. The number of nitrogens with zero attached hydrogens (tertiary/aromatic N) is 3. The average Bonchev–Trinajstić information content (AvgIpc) is 3.23. The number of hydrogen-bond acceptors (Lipinski definition) is 4. The number of anilines is 1. The number of amides is 2. The highest BCUT2D eigenvalue weighted by Gasteiger charge is 2.32. The number of ether oxygens (including phenoxy) is 1. The van der Waals surface area contributed by atoms with E-state index in [2.05, 4.69) is 16.5 Å². The van der Waals surface area contributed by atoms with Crippen molar-refractivity contribution in [1.82, 2.24) is 14.7 Å². The minimum atomic E-state index is -0.529. The van der Waals surface area contributed by atoms with Crippen molar-refractivity contribution in [1.29, 1.82) is 0 Å². The molecule has 2 heterocycles. The van der Waals surface area contributed by atoms with Crippen LogP contribution in [0.4, 0.5) is 10.5 Å². The first-order valence-electron chi connectivity index (χ1n) is 12.1. The third-order valence-electron chi connectivity index (χ3n) is 6.06. The van der Waals surface area contributed by atoms with Gasteiger partial charge in [0, 0.05) is 24.7 Å². The Bertz CT molecular complexity index is 1180. The molecular formula is C28H34N4O3. The Morgan fingerprint density at radius 3 is 2.23 bits per heavy atom.